The minimum Gasteiger partial charge on any atom is -0.377 e. The molecule has 0 radical (unpaired) electrons. The van der Waals surface area contributed by atoms with Crippen molar-refractivity contribution in [3.05, 3.63) is 42.1 Å². The summed E-state index contributed by atoms with van der Waals surface area (Å²) < 4.78 is 5.56. The van der Waals surface area contributed by atoms with Crippen molar-refractivity contribution in [1.82, 2.24) is 20.1 Å². The number of carbonyl (C=O) groups is 2. The maximum Gasteiger partial charge on any atom is 0.251 e. The van der Waals surface area contributed by atoms with E-state index in [1.807, 2.05) is 37.2 Å². The minimum absolute atomic E-state index is 0.0367. The predicted molar refractivity (Wildman–Crippen MR) is 99.0 cm³/mol. The van der Waals surface area contributed by atoms with Crippen molar-refractivity contribution in [2.24, 2.45) is 0 Å². The average Bonchev–Trinajstić information content (AvgIpc) is 2.86. The Morgan fingerprint density at radius 1 is 1.35 bits per heavy atom. The quantitative estimate of drug-likeness (QED) is 0.875. The summed E-state index contributed by atoms with van der Waals surface area (Å²) in [5.74, 6) is -0.150. The van der Waals surface area contributed by atoms with E-state index < -0.39 is 0 Å². The molecule has 1 aromatic carbocycles. The fourth-order valence-corrected chi connectivity index (χ4v) is 2.97. The molecule has 7 nitrogen and oxygen atoms in total. The highest BCUT2D eigenvalue weighted by molar-refractivity contribution is 5.97. The van der Waals surface area contributed by atoms with Crippen molar-refractivity contribution in [1.29, 1.82) is 0 Å². The molecule has 2 aromatic rings. The third kappa shape index (κ3) is 4.56. The Labute approximate surface area is 152 Å². The van der Waals surface area contributed by atoms with Crippen LogP contribution >= 0.6 is 0 Å². The molecule has 1 aliphatic heterocycles. The zero-order chi connectivity index (χ0) is 18.5. The van der Waals surface area contributed by atoms with Crippen LogP contribution in [0.25, 0.3) is 10.9 Å². The average molecular weight is 356 g/mol. The number of ether oxygens (including phenoxy) is 1. The van der Waals surface area contributed by atoms with Crippen LogP contribution in [-0.2, 0) is 9.53 Å². The van der Waals surface area contributed by atoms with Crippen LogP contribution in [0.3, 0.4) is 0 Å². The van der Waals surface area contributed by atoms with E-state index in [0.717, 1.165) is 10.9 Å². The number of pyridine rings is 1. The number of aromatic nitrogens is 1. The van der Waals surface area contributed by atoms with Crippen LogP contribution in [0.5, 0.6) is 0 Å². The van der Waals surface area contributed by atoms with Crippen molar-refractivity contribution >= 4 is 22.7 Å². The van der Waals surface area contributed by atoms with Crippen molar-refractivity contribution in [2.75, 3.05) is 46.9 Å². The van der Waals surface area contributed by atoms with Gasteiger partial charge in [0.2, 0.25) is 5.91 Å². The van der Waals surface area contributed by atoms with Gasteiger partial charge in [0.15, 0.2) is 0 Å². The van der Waals surface area contributed by atoms with Gasteiger partial charge in [-0.15, -0.1) is 0 Å². The maximum absolute atomic E-state index is 12.6. The molecule has 0 saturated carbocycles. The van der Waals surface area contributed by atoms with E-state index in [0.29, 0.717) is 38.4 Å². The molecule has 3 rings (SSSR count). The lowest BCUT2D eigenvalue weighted by molar-refractivity contribution is -0.132. The lowest BCUT2D eigenvalue weighted by atomic mass is 10.1. The molecule has 1 N–H and O–H groups in total. The van der Waals surface area contributed by atoms with Crippen molar-refractivity contribution < 1.29 is 14.3 Å². The monoisotopic (exact) mass is 356 g/mol. The van der Waals surface area contributed by atoms with Gasteiger partial charge in [0.1, 0.15) is 0 Å². The maximum atomic E-state index is 12.6. The molecule has 0 bridgehead atoms. The van der Waals surface area contributed by atoms with Gasteiger partial charge >= 0.3 is 0 Å². The highest BCUT2D eigenvalue weighted by Gasteiger charge is 2.24. The Bertz CT molecular complexity index is 793. The summed E-state index contributed by atoms with van der Waals surface area (Å²) in [6.07, 6.45) is 1.71. The Morgan fingerprint density at radius 3 is 3.00 bits per heavy atom. The highest BCUT2D eigenvalue weighted by Crippen LogP contribution is 2.13. The Kier molecular flexibility index (Phi) is 5.80. The Balaban J connectivity index is 1.67. The van der Waals surface area contributed by atoms with E-state index >= 15 is 0 Å². The highest BCUT2D eigenvalue weighted by atomic mass is 16.5. The van der Waals surface area contributed by atoms with Crippen molar-refractivity contribution in [2.45, 2.75) is 6.04 Å². The first-order valence-corrected chi connectivity index (χ1v) is 8.69. The molecule has 0 aliphatic carbocycles. The van der Waals surface area contributed by atoms with Crippen LogP contribution in [0.4, 0.5) is 0 Å². The third-order valence-electron chi connectivity index (χ3n) is 4.27. The number of carbonyl (C=O) groups excluding carboxylic acids is 2. The lowest BCUT2D eigenvalue weighted by Crippen LogP contribution is -2.48. The van der Waals surface area contributed by atoms with E-state index in [1.54, 1.807) is 23.2 Å². The molecule has 7 heteroatoms. The zero-order valence-electron chi connectivity index (χ0n) is 15.1. The molecule has 26 heavy (non-hydrogen) atoms. The van der Waals surface area contributed by atoms with Gasteiger partial charge < -0.3 is 19.9 Å². The van der Waals surface area contributed by atoms with Crippen molar-refractivity contribution in [3.63, 3.8) is 0 Å². The van der Waals surface area contributed by atoms with Gasteiger partial charge in [0.25, 0.3) is 5.91 Å². The second-order valence-electron chi connectivity index (χ2n) is 6.73. The summed E-state index contributed by atoms with van der Waals surface area (Å²) in [5, 5.41) is 3.97. The molecule has 138 valence electrons. The number of amides is 2. The normalized spacial score (nSPS) is 18.0. The standard InChI is InChI=1S/C19H24N4O3/c1-22(2)12-18(24)23-8-9-26-13-16(11-23)21-19(25)15-6-5-14-4-3-7-20-17(14)10-15/h3-7,10,16H,8-9,11-13H2,1-2H3,(H,21,25). The second-order valence-corrected chi connectivity index (χ2v) is 6.73. The molecule has 1 saturated heterocycles. The Morgan fingerprint density at radius 2 is 2.19 bits per heavy atom. The largest absolute Gasteiger partial charge is 0.377 e. The van der Waals surface area contributed by atoms with Gasteiger partial charge in [-0.2, -0.15) is 0 Å². The fourth-order valence-electron chi connectivity index (χ4n) is 2.97. The molecule has 1 unspecified atom stereocenters. The summed E-state index contributed by atoms with van der Waals surface area (Å²) >= 11 is 0. The number of fused-ring (bicyclic) bond motifs is 1. The number of hydrogen-bond donors (Lipinski definition) is 1. The van der Waals surface area contributed by atoms with E-state index in [4.69, 9.17) is 4.74 Å². The molecule has 2 heterocycles. The number of likely N-dealkylation sites (N-methyl/N-ethyl adjacent to an activating group) is 1. The summed E-state index contributed by atoms with van der Waals surface area (Å²) in [6.45, 7) is 2.20. The summed E-state index contributed by atoms with van der Waals surface area (Å²) in [6, 6.07) is 9.02. The van der Waals surface area contributed by atoms with E-state index in [2.05, 4.69) is 10.3 Å². The number of nitrogens with zero attached hydrogens (tertiary/aromatic N) is 3. The van der Waals surface area contributed by atoms with Gasteiger partial charge in [0.05, 0.1) is 31.3 Å². The molecule has 1 aliphatic rings. The van der Waals surface area contributed by atoms with E-state index in [-0.39, 0.29) is 17.9 Å². The molecule has 1 aromatic heterocycles. The lowest BCUT2D eigenvalue weighted by Gasteiger charge is -2.25. The first-order valence-electron chi connectivity index (χ1n) is 8.69. The topological polar surface area (TPSA) is 74.8 Å². The van der Waals surface area contributed by atoms with E-state index in [9.17, 15) is 9.59 Å². The molecule has 1 atom stereocenters. The molecule has 1 fully saturated rings. The summed E-state index contributed by atoms with van der Waals surface area (Å²) in [7, 11) is 3.72. The second kappa shape index (κ2) is 8.25. The van der Waals surface area contributed by atoms with Gasteiger partial charge in [-0.05, 0) is 32.3 Å². The fraction of sp³-hybridized carbons (Fsp3) is 0.421. The zero-order valence-corrected chi connectivity index (χ0v) is 15.1. The predicted octanol–water partition coefficient (Wildman–Crippen LogP) is 0.754. The number of nitrogens with one attached hydrogen (secondary N) is 1. The SMILES string of the molecule is CN(C)CC(=O)N1CCOCC(NC(=O)c2ccc3cccnc3c2)C1. The van der Waals surface area contributed by atoms with Gasteiger partial charge in [-0.1, -0.05) is 12.1 Å². The molecule has 2 amide bonds. The van der Waals surface area contributed by atoms with E-state index in [1.165, 1.54) is 0 Å². The first kappa shape index (κ1) is 18.3. The molecule has 0 spiro atoms. The molecular weight excluding hydrogens is 332 g/mol. The van der Waals surface area contributed by atoms with Crippen LogP contribution in [0.1, 0.15) is 10.4 Å². The van der Waals surface area contributed by atoms with Crippen LogP contribution < -0.4 is 5.32 Å². The summed E-state index contributed by atoms with van der Waals surface area (Å²) in [5.41, 5.74) is 1.33. The number of benzene rings is 1. The number of rotatable bonds is 4. The Hall–Kier alpha value is -2.51. The van der Waals surface area contributed by atoms with Crippen LogP contribution in [0, 0.1) is 0 Å². The smallest absolute Gasteiger partial charge is 0.251 e. The summed E-state index contributed by atoms with van der Waals surface area (Å²) in [4.78, 5) is 32.8. The van der Waals surface area contributed by atoms with Gasteiger partial charge in [-0.25, -0.2) is 0 Å². The van der Waals surface area contributed by atoms with Crippen LogP contribution in [0.2, 0.25) is 0 Å². The third-order valence-corrected chi connectivity index (χ3v) is 4.27. The van der Waals surface area contributed by atoms with Gasteiger partial charge in [-0.3, -0.25) is 14.6 Å². The number of hydrogen-bond acceptors (Lipinski definition) is 5. The minimum atomic E-state index is -0.240. The van der Waals surface area contributed by atoms with Gasteiger partial charge in [0, 0.05) is 30.2 Å². The van der Waals surface area contributed by atoms with Crippen LogP contribution in [-0.4, -0.2) is 79.6 Å². The van der Waals surface area contributed by atoms with Crippen LogP contribution in [0.15, 0.2) is 36.5 Å². The van der Waals surface area contributed by atoms with Crippen molar-refractivity contribution in [3.8, 4) is 0 Å². The first-order chi connectivity index (χ1) is 12.5. The molecular formula is C19H24N4O3.